The first kappa shape index (κ1) is 18.1. The zero-order valence-electron chi connectivity index (χ0n) is 15.9. The summed E-state index contributed by atoms with van der Waals surface area (Å²) in [5.41, 5.74) is 7.35. The van der Waals surface area contributed by atoms with Gasteiger partial charge >= 0.3 is 0 Å². The zero-order valence-corrected chi connectivity index (χ0v) is 16.7. The molecule has 0 fully saturated rings. The first-order valence-corrected chi connectivity index (χ1v) is 9.61. The van der Waals surface area contributed by atoms with Crippen molar-refractivity contribution in [2.75, 3.05) is 5.32 Å². The molecule has 0 aromatic heterocycles. The first-order chi connectivity index (χ1) is 13.6. The van der Waals surface area contributed by atoms with Crippen molar-refractivity contribution in [3.05, 3.63) is 89.5 Å². The van der Waals surface area contributed by atoms with Gasteiger partial charge in [0.15, 0.2) is 5.11 Å². The van der Waals surface area contributed by atoms with Gasteiger partial charge in [-0.3, -0.25) is 5.43 Å². The standard InChI is InChI=1S/C24H21N3S/c1-16-8-7-9-17(2)23(16)26-24(28)27-25-15-22-20-12-5-3-10-18(20)14-19-11-4-6-13-21(19)22/h3-15H,1-2H3,(H2,26,27,28)/b25-15+. The number of fused-ring (bicyclic) bond motifs is 2. The predicted octanol–water partition coefficient (Wildman–Crippen LogP) is 5.93. The molecule has 0 amide bonds. The van der Waals surface area contributed by atoms with Crippen molar-refractivity contribution in [1.82, 2.24) is 5.43 Å². The van der Waals surface area contributed by atoms with Crippen LogP contribution in [0.5, 0.6) is 0 Å². The summed E-state index contributed by atoms with van der Waals surface area (Å²) < 4.78 is 0. The van der Waals surface area contributed by atoms with E-state index in [1.54, 1.807) is 0 Å². The van der Waals surface area contributed by atoms with Gasteiger partial charge in [-0.2, -0.15) is 5.10 Å². The third-order valence-electron chi connectivity index (χ3n) is 4.89. The minimum absolute atomic E-state index is 0.471. The maximum absolute atomic E-state index is 5.43. The van der Waals surface area contributed by atoms with Crippen LogP contribution in [0.15, 0.2) is 77.9 Å². The molecule has 0 bridgehead atoms. The quantitative estimate of drug-likeness (QED) is 0.199. The van der Waals surface area contributed by atoms with Gasteiger partial charge < -0.3 is 5.32 Å². The van der Waals surface area contributed by atoms with Gasteiger partial charge in [0.1, 0.15) is 0 Å². The SMILES string of the molecule is Cc1cccc(C)c1NC(=S)N/N=C/c1c2ccccc2cc2ccccc12. The predicted molar refractivity (Wildman–Crippen MR) is 124 cm³/mol. The van der Waals surface area contributed by atoms with E-state index in [9.17, 15) is 0 Å². The minimum Gasteiger partial charge on any atom is -0.331 e. The number of hydrogen-bond acceptors (Lipinski definition) is 2. The normalized spacial score (nSPS) is 11.2. The molecular weight excluding hydrogens is 362 g/mol. The molecule has 28 heavy (non-hydrogen) atoms. The van der Waals surface area contributed by atoms with E-state index in [0.717, 1.165) is 22.4 Å². The lowest BCUT2D eigenvalue weighted by molar-refractivity contribution is 1.05. The Labute approximate surface area is 170 Å². The van der Waals surface area contributed by atoms with Gasteiger partial charge in [-0.25, -0.2) is 0 Å². The fourth-order valence-electron chi connectivity index (χ4n) is 3.50. The largest absolute Gasteiger partial charge is 0.331 e. The summed E-state index contributed by atoms with van der Waals surface area (Å²) >= 11 is 5.43. The van der Waals surface area contributed by atoms with Gasteiger partial charge in [0.05, 0.1) is 6.21 Å². The summed E-state index contributed by atoms with van der Waals surface area (Å²) in [6, 6.07) is 25.1. The zero-order chi connectivity index (χ0) is 19.5. The molecule has 3 nitrogen and oxygen atoms in total. The number of para-hydroxylation sites is 1. The van der Waals surface area contributed by atoms with Crippen molar-refractivity contribution in [2.45, 2.75) is 13.8 Å². The first-order valence-electron chi connectivity index (χ1n) is 9.20. The van der Waals surface area contributed by atoms with Gasteiger partial charge in [-0.05, 0) is 64.8 Å². The highest BCUT2D eigenvalue weighted by atomic mass is 32.1. The van der Waals surface area contributed by atoms with Gasteiger partial charge in [-0.1, -0.05) is 66.7 Å². The minimum atomic E-state index is 0.471. The Morgan fingerprint density at radius 2 is 1.39 bits per heavy atom. The summed E-state index contributed by atoms with van der Waals surface area (Å²) in [6.45, 7) is 4.12. The van der Waals surface area contributed by atoms with Gasteiger partial charge in [0, 0.05) is 11.3 Å². The number of thiocarbonyl (C=S) groups is 1. The van der Waals surface area contributed by atoms with Gasteiger partial charge in [0.25, 0.3) is 0 Å². The molecule has 0 saturated heterocycles. The molecule has 4 aromatic carbocycles. The maximum atomic E-state index is 5.43. The van der Waals surface area contributed by atoms with E-state index in [2.05, 4.69) is 96.4 Å². The fraction of sp³-hybridized carbons (Fsp3) is 0.0833. The van der Waals surface area contributed by atoms with Crippen LogP contribution in [0.25, 0.3) is 21.5 Å². The highest BCUT2D eigenvalue weighted by Crippen LogP contribution is 2.27. The number of hydrogen-bond donors (Lipinski definition) is 2. The smallest absolute Gasteiger partial charge is 0.191 e. The van der Waals surface area contributed by atoms with Crippen LogP contribution in [0.3, 0.4) is 0 Å². The molecule has 0 saturated carbocycles. The van der Waals surface area contributed by atoms with Crippen molar-refractivity contribution in [3.63, 3.8) is 0 Å². The number of nitrogens with zero attached hydrogens (tertiary/aromatic N) is 1. The van der Waals surface area contributed by atoms with E-state index in [1.807, 2.05) is 12.3 Å². The second kappa shape index (κ2) is 7.79. The fourth-order valence-corrected chi connectivity index (χ4v) is 3.65. The van der Waals surface area contributed by atoms with Crippen LogP contribution >= 0.6 is 12.2 Å². The molecule has 138 valence electrons. The van der Waals surface area contributed by atoms with E-state index in [1.165, 1.54) is 21.5 Å². The molecule has 0 aliphatic heterocycles. The maximum Gasteiger partial charge on any atom is 0.191 e. The van der Waals surface area contributed by atoms with Crippen molar-refractivity contribution >= 4 is 50.8 Å². The average molecular weight is 384 g/mol. The Kier molecular flexibility index (Phi) is 5.04. The second-order valence-electron chi connectivity index (χ2n) is 6.82. The van der Waals surface area contributed by atoms with Crippen LogP contribution in [-0.4, -0.2) is 11.3 Å². The number of hydrazone groups is 1. The molecule has 4 aromatic rings. The highest BCUT2D eigenvalue weighted by Gasteiger charge is 2.06. The molecule has 2 N–H and O–H groups in total. The summed E-state index contributed by atoms with van der Waals surface area (Å²) in [7, 11) is 0. The molecule has 4 rings (SSSR count). The molecular formula is C24H21N3S. The van der Waals surface area contributed by atoms with Crippen molar-refractivity contribution in [3.8, 4) is 0 Å². The summed E-state index contributed by atoms with van der Waals surface area (Å²) in [5, 5.41) is 12.9. The highest BCUT2D eigenvalue weighted by molar-refractivity contribution is 7.80. The van der Waals surface area contributed by atoms with E-state index in [0.29, 0.717) is 5.11 Å². The molecule has 0 aliphatic carbocycles. The van der Waals surface area contributed by atoms with Gasteiger partial charge in [-0.15, -0.1) is 0 Å². The lowest BCUT2D eigenvalue weighted by atomic mass is 9.97. The van der Waals surface area contributed by atoms with Crippen LogP contribution in [-0.2, 0) is 0 Å². The van der Waals surface area contributed by atoms with Crippen molar-refractivity contribution in [1.29, 1.82) is 0 Å². The Balaban J connectivity index is 1.62. The number of nitrogens with one attached hydrogen (secondary N) is 2. The number of benzene rings is 4. The van der Waals surface area contributed by atoms with E-state index in [4.69, 9.17) is 12.2 Å². The third-order valence-corrected chi connectivity index (χ3v) is 5.09. The molecule has 0 unspecified atom stereocenters. The number of aryl methyl sites for hydroxylation is 2. The lowest BCUT2D eigenvalue weighted by Gasteiger charge is -2.13. The Bertz CT molecular complexity index is 1140. The second-order valence-corrected chi connectivity index (χ2v) is 7.23. The molecule has 0 atom stereocenters. The monoisotopic (exact) mass is 383 g/mol. The lowest BCUT2D eigenvalue weighted by Crippen LogP contribution is -2.24. The van der Waals surface area contributed by atoms with Crippen molar-refractivity contribution in [2.24, 2.45) is 5.10 Å². The van der Waals surface area contributed by atoms with E-state index < -0.39 is 0 Å². The molecule has 0 aliphatic rings. The van der Waals surface area contributed by atoms with Crippen LogP contribution in [0.2, 0.25) is 0 Å². The number of anilines is 1. The van der Waals surface area contributed by atoms with Crippen LogP contribution < -0.4 is 10.7 Å². The summed E-state index contributed by atoms with van der Waals surface area (Å²) in [6.07, 6.45) is 1.85. The molecule has 4 heteroatoms. The van der Waals surface area contributed by atoms with Crippen molar-refractivity contribution < 1.29 is 0 Å². The van der Waals surface area contributed by atoms with E-state index in [-0.39, 0.29) is 0 Å². The van der Waals surface area contributed by atoms with Crippen LogP contribution in [0, 0.1) is 13.8 Å². The Hall–Kier alpha value is -3.24. The average Bonchev–Trinajstić information content (AvgIpc) is 2.70. The number of rotatable bonds is 3. The summed E-state index contributed by atoms with van der Waals surface area (Å²) in [4.78, 5) is 0. The molecule has 0 radical (unpaired) electrons. The molecule has 0 heterocycles. The summed E-state index contributed by atoms with van der Waals surface area (Å²) in [5.74, 6) is 0. The topological polar surface area (TPSA) is 36.4 Å². The van der Waals surface area contributed by atoms with Gasteiger partial charge in [0.2, 0.25) is 0 Å². The third kappa shape index (κ3) is 3.59. The molecule has 0 spiro atoms. The van der Waals surface area contributed by atoms with Crippen LogP contribution in [0.4, 0.5) is 5.69 Å². The van der Waals surface area contributed by atoms with E-state index >= 15 is 0 Å². The Morgan fingerprint density at radius 1 is 0.821 bits per heavy atom. The van der Waals surface area contributed by atoms with Crippen LogP contribution in [0.1, 0.15) is 16.7 Å². The Morgan fingerprint density at radius 3 is 2.00 bits per heavy atom.